The van der Waals surface area contributed by atoms with Gasteiger partial charge in [0.05, 0.1) is 0 Å². The van der Waals surface area contributed by atoms with Gasteiger partial charge in [0.2, 0.25) is 5.78 Å². The Hall–Kier alpha value is -0.950. The summed E-state index contributed by atoms with van der Waals surface area (Å²) in [4.78, 5) is 11.9. The van der Waals surface area contributed by atoms with E-state index < -0.39 is 28.5 Å². The fourth-order valence-corrected chi connectivity index (χ4v) is 2.37. The standard InChI is InChI=1S/C15H18ClF3O/c1-4-5-6-7-8-11(20)13-10(14(13,2)3)9-12(16)15(17,18)19/h9-10,13H,4-6H2,1-3H3/b12-9+/t10-,13-/m0/s1. The average Bonchev–Trinajstić information content (AvgIpc) is 2.85. The Kier molecular flexibility index (Phi) is 5.32. The van der Waals surface area contributed by atoms with Crippen LogP contribution in [0.5, 0.6) is 0 Å². The van der Waals surface area contributed by atoms with Crippen LogP contribution in [0.1, 0.15) is 40.0 Å². The van der Waals surface area contributed by atoms with E-state index in [1.54, 1.807) is 13.8 Å². The second-order valence-corrected chi connectivity index (χ2v) is 6.01. The summed E-state index contributed by atoms with van der Waals surface area (Å²) >= 11 is 5.22. The fourth-order valence-electron chi connectivity index (χ4n) is 2.23. The molecule has 112 valence electrons. The highest BCUT2D eigenvalue weighted by Crippen LogP contribution is 2.60. The molecule has 0 saturated heterocycles. The third kappa shape index (κ3) is 4.02. The number of unbranched alkanes of at least 4 members (excludes halogenated alkanes) is 2. The van der Waals surface area contributed by atoms with E-state index in [0.29, 0.717) is 6.42 Å². The molecular weight excluding hydrogens is 289 g/mol. The number of allylic oxidation sites excluding steroid dienone is 2. The minimum Gasteiger partial charge on any atom is -0.285 e. The first-order valence-corrected chi connectivity index (χ1v) is 6.97. The van der Waals surface area contributed by atoms with Crippen LogP contribution in [-0.4, -0.2) is 12.0 Å². The number of Topliss-reactive ketones (excluding diaryl/α,β-unsaturated/α-hetero) is 1. The van der Waals surface area contributed by atoms with Gasteiger partial charge in [-0.3, -0.25) is 4.79 Å². The molecule has 0 heterocycles. The average molecular weight is 307 g/mol. The van der Waals surface area contributed by atoms with Crippen molar-refractivity contribution in [3.8, 4) is 11.8 Å². The van der Waals surface area contributed by atoms with E-state index in [0.717, 1.165) is 18.9 Å². The monoisotopic (exact) mass is 306 g/mol. The minimum atomic E-state index is -4.55. The maximum Gasteiger partial charge on any atom is 0.426 e. The summed E-state index contributed by atoms with van der Waals surface area (Å²) in [6, 6.07) is 0. The van der Waals surface area contributed by atoms with E-state index in [1.165, 1.54) is 0 Å². The molecule has 0 aliphatic heterocycles. The van der Waals surface area contributed by atoms with Gasteiger partial charge in [-0.1, -0.05) is 50.8 Å². The molecular formula is C15H18ClF3O. The first-order valence-electron chi connectivity index (χ1n) is 6.59. The number of alkyl halides is 3. The SMILES string of the molecule is CCCCC#CC(=O)[C@@H]1[C@H](/C=C(/Cl)C(F)(F)F)C1(C)C. The van der Waals surface area contributed by atoms with Crippen molar-refractivity contribution in [1.29, 1.82) is 0 Å². The summed E-state index contributed by atoms with van der Waals surface area (Å²) in [5, 5.41) is -1.16. The van der Waals surface area contributed by atoms with Crippen LogP contribution in [0, 0.1) is 29.1 Å². The zero-order chi connectivity index (χ0) is 15.6. The highest BCUT2D eigenvalue weighted by Gasteiger charge is 2.60. The molecule has 0 radical (unpaired) electrons. The van der Waals surface area contributed by atoms with Gasteiger partial charge in [0.15, 0.2) is 0 Å². The molecule has 20 heavy (non-hydrogen) atoms. The van der Waals surface area contributed by atoms with Crippen molar-refractivity contribution in [2.45, 2.75) is 46.2 Å². The fraction of sp³-hybridized carbons (Fsp3) is 0.667. The van der Waals surface area contributed by atoms with Crippen molar-refractivity contribution in [2.24, 2.45) is 17.3 Å². The van der Waals surface area contributed by atoms with E-state index in [1.807, 2.05) is 6.92 Å². The Morgan fingerprint density at radius 1 is 1.40 bits per heavy atom. The Morgan fingerprint density at radius 2 is 2.00 bits per heavy atom. The molecule has 0 aromatic heterocycles. The van der Waals surface area contributed by atoms with Crippen LogP contribution < -0.4 is 0 Å². The summed E-state index contributed by atoms with van der Waals surface area (Å²) in [7, 11) is 0. The highest BCUT2D eigenvalue weighted by atomic mass is 35.5. The van der Waals surface area contributed by atoms with Gasteiger partial charge in [0.25, 0.3) is 0 Å². The van der Waals surface area contributed by atoms with Crippen LogP contribution in [0.4, 0.5) is 13.2 Å². The number of carbonyl (C=O) groups excluding carboxylic acids is 1. The van der Waals surface area contributed by atoms with E-state index in [4.69, 9.17) is 11.6 Å². The lowest BCUT2D eigenvalue weighted by atomic mass is 10.1. The molecule has 1 aliphatic rings. The molecule has 0 N–H and O–H groups in total. The maximum absolute atomic E-state index is 12.4. The summed E-state index contributed by atoms with van der Waals surface area (Å²) in [6.45, 7) is 5.53. The van der Waals surface area contributed by atoms with Gasteiger partial charge in [-0.2, -0.15) is 13.2 Å². The molecule has 0 bridgehead atoms. The Morgan fingerprint density at radius 3 is 2.50 bits per heavy atom. The Balaban J connectivity index is 2.73. The number of hydrogen-bond acceptors (Lipinski definition) is 1. The quantitative estimate of drug-likeness (QED) is 0.418. The maximum atomic E-state index is 12.4. The molecule has 1 nitrogen and oxygen atoms in total. The molecule has 1 saturated carbocycles. The smallest absolute Gasteiger partial charge is 0.285 e. The lowest BCUT2D eigenvalue weighted by Crippen LogP contribution is -2.07. The predicted molar refractivity (Wildman–Crippen MR) is 73.1 cm³/mol. The zero-order valence-corrected chi connectivity index (χ0v) is 12.5. The largest absolute Gasteiger partial charge is 0.426 e. The number of hydrogen-bond donors (Lipinski definition) is 0. The van der Waals surface area contributed by atoms with Crippen molar-refractivity contribution in [1.82, 2.24) is 0 Å². The number of rotatable bonds is 4. The van der Waals surface area contributed by atoms with Crippen molar-refractivity contribution in [3.05, 3.63) is 11.1 Å². The van der Waals surface area contributed by atoms with E-state index in [-0.39, 0.29) is 5.78 Å². The molecule has 1 fully saturated rings. The lowest BCUT2D eigenvalue weighted by Gasteiger charge is -2.04. The second kappa shape index (κ2) is 6.22. The predicted octanol–water partition coefficient (Wildman–Crippen LogP) is 4.71. The molecule has 0 unspecified atom stereocenters. The van der Waals surface area contributed by atoms with Crippen LogP contribution >= 0.6 is 11.6 Å². The van der Waals surface area contributed by atoms with Gasteiger partial charge in [-0.25, -0.2) is 0 Å². The molecule has 1 aliphatic carbocycles. The van der Waals surface area contributed by atoms with Crippen LogP contribution in [0.3, 0.4) is 0 Å². The van der Waals surface area contributed by atoms with Crippen molar-refractivity contribution in [2.75, 3.05) is 0 Å². The first kappa shape index (κ1) is 17.1. The van der Waals surface area contributed by atoms with Gasteiger partial charge < -0.3 is 0 Å². The molecule has 0 amide bonds. The highest BCUT2D eigenvalue weighted by molar-refractivity contribution is 6.30. The lowest BCUT2D eigenvalue weighted by molar-refractivity contribution is -0.115. The van der Waals surface area contributed by atoms with Gasteiger partial charge in [-0.05, 0) is 23.7 Å². The van der Waals surface area contributed by atoms with E-state index >= 15 is 0 Å². The molecule has 1 rings (SSSR count). The molecule has 2 atom stereocenters. The topological polar surface area (TPSA) is 17.1 Å². The number of halogens is 4. The van der Waals surface area contributed by atoms with Gasteiger partial charge in [0.1, 0.15) is 5.03 Å². The van der Waals surface area contributed by atoms with Gasteiger partial charge >= 0.3 is 6.18 Å². The summed E-state index contributed by atoms with van der Waals surface area (Å²) in [5.41, 5.74) is -0.512. The normalized spacial score (nSPS) is 24.9. The molecule has 0 aromatic rings. The third-order valence-electron chi connectivity index (χ3n) is 3.66. The van der Waals surface area contributed by atoms with Crippen LogP contribution in [0.2, 0.25) is 0 Å². The van der Waals surface area contributed by atoms with Crippen LogP contribution in [0.15, 0.2) is 11.1 Å². The van der Waals surface area contributed by atoms with E-state index in [2.05, 4.69) is 11.8 Å². The van der Waals surface area contributed by atoms with Gasteiger partial charge in [-0.15, -0.1) is 0 Å². The summed E-state index contributed by atoms with van der Waals surface area (Å²) < 4.78 is 37.2. The summed E-state index contributed by atoms with van der Waals surface area (Å²) in [5.74, 6) is 4.03. The summed E-state index contributed by atoms with van der Waals surface area (Å²) in [6.07, 6.45) is -1.07. The minimum absolute atomic E-state index is 0.293. The number of carbonyl (C=O) groups is 1. The van der Waals surface area contributed by atoms with Gasteiger partial charge in [0, 0.05) is 12.3 Å². The molecule has 0 spiro atoms. The van der Waals surface area contributed by atoms with Crippen molar-refractivity contribution in [3.63, 3.8) is 0 Å². The molecule has 5 heteroatoms. The number of ketones is 1. The van der Waals surface area contributed by atoms with E-state index in [9.17, 15) is 18.0 Å². The second-order valence-electron chi connectivity index (χ2n) is 5.61. The van der Waals surface area contributed by atoms with Crippen LogP contribution in [0.25, 0.3) is 0 Å². The Bertz CT molecular complexity index is 466. The van der Waals surface area contributed by atoms with Crippen molar-refractivity contribution < 1.29 is 18.0 Å². The van der Waals surface area contributed by atoms with Crippen LogP contribution in [-0.2, 0) is 4.79 Å². The third-order valence-corrected chi connectivity index (χ3v) is 4.00. The first-order chi connectivity index (χ1) is 9.12. The molecule has 0 aromatic carbocycles. The Labute approximate surface area is 122 Å². The zero-order valence-electron chi connectivity index (χ0n) is 11.8. The van der Waals surface area contributed by atoms with Crippen molar-refractivity contribution >= 4 is 17.4 Å².